The van der Waals surface area contributed by atoms with E-state index in [9.17, 15) is 21.6 Å². The minimum absolute atomic E-state index is 0.0688. The van der Waals surface area contributed by atoms with E-state index >= 15 is 0 Å². The Hall–Kier alpha value is -3.12. The summed E-state index contributed by atoms with van der Waals surface area (Å²) >= 11 is 6.08. The number of rotatable bonds is 11. The van der Waals surface area contributed by atoms with Gasteiger partial charge in [0, 0.05) is 18.1 Å². The maximum Gasteiger partial charge on any atom is 0.264 e. The number of anilines is 1. The molecule has 0 aromatic heterocycles. The van der Waals surface area contributed by atoms with E-state index in [4.69, 9.17) is 16.3 Å². The minimum Gasteiger partial charge on any atom is -0.492 e. The molecule has 1 saturated heterocycles. The number of hydrogen-bond acceptors (Lipinski definition) is 6. The second-order valence-electron chi connectivity index (χ2n) is 9.89. The molecule has 41 heavy (non-hydrogen) atoms. The van der Waals surface area contributed by atoms with Crippen LogP contribution in [-0.4, -0.2) is 59.8 Å². The van der Waals surface area contributed by atoms with E-state index < -0.39 is 32.5 Å². The first kappa shape index (κ1) is 30.8. The molecule has 1 aliphatic rings. The van der Waals surface area contributed by atoms with Gasteiger partial charge >= 0.3 is 0 Å². The molecular formula is C29H34ClN3O6S2. The first-order valence-corrected chi connectivity index (χ1v) is 16.6. The Balaban J connectivity index is 1.37. The van der Waals surface area contributed by atoms with Crippen LogP contribution in [-0.2, 0) is 24.8 Å². The fourth-order valence-electron chi connectivity index (χ4n) is 4.54. The average molecular weight is 620 g/mol. The third-order valence-corrected chi connectivity index (χ3v) is 10.7. The smallest absolute Gasteiger partial charge is 0.264 e. The number of amides is 1. The van der Waals surface area contributed by atoms with Crippen molar-refractivity contribution in [3.63, 3.8) is 0 Å². The highest BCUT2D eigenvalue weighted by molar-refractivity contribution is 7.92. The summed E-state index contributed by atoms with van der Waals surface area (Å²) in [7, 11) is -7.58. The third kappa shape index (κ3) is 7.59. The van der Waals surface area contributed by atoms with E-state index in [2.05, 4.69) is 5.32 Å². The molecule has 1 heterocycles. The Morgan fingerprint density at radius 2 is 1.54 bits per heavy atom. The molecule has 1 fully saturated rings. The fraction of sp³-hybridized carbons (Fsp3) is 0.345. The zero-order chi connectivity index (χ0) is 29.6. The van der Waals surface area contributed by atoms with Crippen molar-refractivity contribution in [1.29, 1.82) is 0 Å². The van der Waals surface area contributed by atoms with Gasteiger partial charge in [0.1, 0.15) is 18.9 Å². The van der Waals surface area contributed by atoms with E-state index in [1.54, 1.807) is 49.4 Å². The molecule has 220 valence electrons. The van der Waals surface area contributed by atoms with E-state index in [0.717, 1.165) is 29.1 Å². The predicted molar refractivity (Wildman–Crippen MR) is 159 cm³/mol. The number of nitrogens with zero attached hydrogens (tertiary/aromatic N) is 2. The molecule has 1 aliphatic heterocycles. The monoisotopic (exact) mass is 619 g/mol. The molecule has 4 rings (SSSR count). The van der Waals surface area contributed by atoms with Crippen LogP contribution in [0.2, 0.25) is 5.02 Å². The summed E-state index contributed by atoms with van der Waals surface area (Å²) in [6.07, 6.45) is 2.76. The van der Waals surface area contributed by atoms with Crippen molar-refractivity contribution >= 4 is 43.2 Å². The number of benzene rings is 3. The number of aryl methyl sites for hydroxylation is 2. The van der Waals surface area contributed by atoms with Crippen molar-refractivity contribution in [3.05, 3.63) is 82.9 Å². The molecule has 12 heteroatoms. The summed E-state index contributed by atoms with van der Waals surface area (Å²) in [5.41, 5.74) is 1.87. The van der Waals surface area contributed by atoms with Gasteiger partial charge in [-0.2, -0.15) is 4.31 Å². The van der Waals surface area contributed by atoms with Crippen LogP contribution in [0.3, 0.4) is 0 Å². The highest BCUT2D eigenvalue weighted by atomic mass is 35.5. The minimum atomic E-state index is -4.05. The van der Waals surface area contributed by atoms with Crippen molar-refractivity contribution in [2.24, 2.45) is 0 Å². The number of hydrogen-bond donors (Lipinski definition) is 1. The first-order valence-electron chi connectivity index (χ1n) is 13.3. The maximum absolute atomic E-state index is 13.6. The van der Waals surface area contributed by atoms with Crippen molar-refractivity contribution in [3.8, 4) is 5.75 Å². The van der Waals surface area contributed by atoms with E-state index in [0.29, 0.717) is 35.1 Å². The Morgan fingerprint density at radius 3 is 2.17 bits per heavy atom. The van der Waals surface area contributed by atoms with Crippen LogP contribution in [0.25, 0.3) is 0 Å². The normalized spacial score (nSPS) is 14.4. The third-order valence-electron chi connectivity index (χ3n) is 6.79. The molecule has 0 bridgehead atoms. The van der Waals surface area contributed by atoms with E-state index in [1.165, 1.54) is 28.6 Å². The molecule has 1 amide bonds. The molecule has 0 atom stereocenters. The van der Waals surface area contributed by atoms with E-state index in [1.807, 2.05) is 6.92 Å². The molecule has 0 aliphatic carbocycles. The van der Waals surface area contributed by atoms with Gasteiger partial charge in [-0.15, -0.1) is 0 Å². The summed E-state index contributed by atoms with van der Waals surface area (Å²) < 4.78 is 61.0. The molecule has 9 nitrogen and oxygen atoms in total. The van der Waals surface area contributed by atoms with Gasteiger partial charge in [-0.3, -0.25) is 9.10 Å². The number of halogens is 1. The Morgan fingerprint density at radius 1 is 0.902 bits per heavy atom. The SMILES string of the molecule is Cc1ccc(S(=O)(=O)N(CC(=O)NCCOc2ccc(S(=O)(=O)N3CCCCC3)cc2)c2ccc(Cl)cc2C)cc1. The lowest BCUT2D eigenvalue weighted by molar-refractivity contribution is -0.119. The summed E-state index contributed by atoms with van der Waals surface area (Å²) in [6, 6.07) is 17.4. The topological polar surface area (TPSA) is 113 Å². The van der Waals surface area contributed by atoms with Crippen LogP contribution in [0.15, 0.2) is 76.5 Å². The molecule has 0 spiro atoms. The lowest BCUT2D eigenvalue weighted by Gasteiger charge is -2.26. The Labute approximate surface area is 247 Å². The number of sulfonamides is 2. The molecule has 3 aromatic carbocycles. The van der Waals surface area contributed by atoms with Crippen LogP contribution in [0.5, 0.6) is 5.75 Å². The van der Waals surface area contributed by atoms with Gasteiger partial charge < -0.3 is 10.1 Å². The zero-order valence-electron chi connectivity index (χ0n) is 23.0. The molecule has 3 aromatic rings. The highest BCUT2D eigenvalue weighted by Gasteiger charge is 2.29. The van der Waals surface area contributed by atoms with Crippen LogP contribution in [0.1, 0.15) is 30.4 Å². The van der Waals surface area contributed by atoms with Crippen LogP contribution in [0, 0.1) is 13.8 Å². The maximum atomic E-state index is 13.6. The molecular weight excluding hydrogens is 586 g/mol. The summed E-state index contributed by atoms with van der Waals surface area (Å²) in [6.45, 7) is 4.43. The Bertz CT molecular complexity index is 1570. The standard InChI is InChI=1S/C29H34ClN3O6S2/c1-22-6-11-27(12-7-22)41(37,38)33(28-15-8-24(30)20-23(28)2)21-29(34)31-16-19-39-25-9-13-26(14-10-25)40(35,36)32-17-4-3-5-18-32/h6-15,20H,3-5,16-19,21H2,1-2H3,(H,31,34). The summed E-state index contributed by atoms with van der Waals surface area (Å²) in [5, 5.41) is 3.15. The lowest BCUT2D eigenvalue weighted by atomic mass is 10.2. The highest BCUT2D eigenvalue weighted by Crippen LogP contribution is 2.29. The summed E-state index contributed by atoms with van der Waals surface area (Å²) in [4.78, 5) is 13.2. The van der Waals surface area contributed by atoms with Gasteiger partial charge in [0.15, 0.2) is 0 Å². The second-order valence-corrected chi connectivity index (χ2v) is 14.1. The number of carbonyl (C=O) groups excluding carboxylic acids is 1. The fourth-order valence-corrected chi connectivity index (χ4v) is 7.77. The van der Waals surface area contributed by atoms with Gasteiger partial charge in [0.05, 0.1) is 22.0 Å². The Kier molecular flexibility index (Phi) is 9.96. The van der Waals surface area contributed by atoms with Crippen LogP contribution >= 0.6 is 11.6 Å². The van der Waals surface area contributed by atoms with Crippen molar-refractivity contribution < 1.29 is 26.4 Å². The molecule has 1 N–H and O–H groups in total. The van der Waals surface area contributed by atoms with E-state index in [-0.39, 0.29) is 22.9 Å². The van der Waals surface area contributed by atoms with Crippen molar-refractivity contribution in [2.75, 3.05) is 37.1 Å². The number of nitrogens with one attached hydrogen (secondary N) is 1. The largest absolute Gasteiger partial charge is 0.492 e. The van der Waals surface area contributed by atoms with Gasteiger partial charge in [0.25, 0.3) is 10.0 Å². The predicted octanol–water partition coefficient (Wildman–Crippen LogP) is 4.52. The van der Waals surface area contributed by atoms with Gasteiger partial charge in [0.2, 0.25) is 15.9 Å². The molecule has 0 unspecified atom stereocenters. The number of piperidine rings is 1. The number of carbonyl (C=O) groups is 1. The summed E-state index contributed by atoms with van der Waals surface area (Å²) in [5.74, 6) is -0.0567. The van der Waals surface area contributed by atoms with Crippen LogP contribution in [0.4, 0.5) is 5.69 Å². The molecule has 0 saturated carbocycles. The van der Waals surface area contributed by atoms with Gasteiger partial charge in [-0.05, 0) is 86.8 Å². The number of ether oxygens (including phenoxy) is 1. The lowest BCUT2D eigenvalue weighted by Crippen LogP contribution is -2.42. The van der Waals surface area contributed by atoms with Gasteiger partial charge in [-0.1, -0.05) is 35.7 Å². The zero-order valence-corrected chi connectivity index (χ0v) is 25.4. The molecule has 0 radical (unpaired) electrons. The quantitative estimate of drug-likeness (QED) is 0.316. The van der Waals surface area contributed by atoms with Crippen molar-refractivity contribution in [1.82, 2.24) is 9.62 Å². The first-order chi connectivity index (χ1) is 19.5. The second kappa shape index (κ2) is 13.2. The van der Waals surface area contributed by atoms with Crippen molar-refractivity contribution in [2.45, 2.75) is 42.9 Å². The average Bonchev–Trinajstić information content (AvgIpc) is 2.95. The van der Waals surface area contributed by atoms with Crippen LogP contribution < -0.4 is 14.4 Å². The van der Waals surface area contributed by atoms with Gasteiger partial charge in [-0.25, -0.2) is 16.8 Å².